The number of carbonyl (C=O) groups is 2. The maximum absolute atomic E-state index is 11.2. The fourth-order valence-corrected chi connectivity index (χ4v) is 1.75. The number of Topliss-reactive ketones (excluding diaryl/α,β-unsaturated/α-hetero) is 1. The van der Waals surface area contributed by atoms with Crippen LogP contribution in [0.15, 0.2) is 18.2 Å². The molecule has 0 aliphatic carbocycles. The number of fused-ring (bicyclic) bond motifs is 1. The number of hydrogen-bond acceptors (Lipinski definition) is 3. The molecule has 1 aliphatic heterocycles. The highest BCUT2D eigenvalue weighted by molar-refractivity contribution is 5.94. The minimum atomic E-state index is 0.0402. The molecule has 0 atom stereocenters. The van der Waals surface area contributed by atoms with Gasteiger partial charge < -0.3 is 10.1 Å². The summed E-state index contributed by atoms with van der Waals surface area (Å²) in [6.45, 7) is 1.92. The standard InChI is InChI=1S/C13H15NO3/c1-9(15)6-7-17-11-4-2-10-3-5-13(16)14-12(10)8-11/h2,4,8H,3,5-7H2,1H3,(H,14,16). The fraction of sp³-hybridized carbons (Fsp3) is 0.385. The van der Waals surface area contributed by atoms with Gasteiger partial charge >= 0.3 is 0 Å². The van der Waals surface area contributed by atoms with Crippen LogP contribution in [0.1, 0.15) is 25.3 Å². The maximum Gasteiger partial charge on any atom is 0.224 e. The van der Waals surface area contributed by atoms with Crippen LogP contribution in [0.25, 0.3) is 0 Å². The van der Waals surface area contributed by atoms with Gasteiger partial charge in [0.2, 0.25) is 5.91 Å². The van der Waals surface area contributed by atoms with Gasteiger partial charge in [-0.05, 0) is 25.0 Å². The van der Waals surface area contributed by atoms with E-state index in [-0.39, 0.29) is 11.7 Å². The van der Waals surface area contributed by atoms with Crippen LogP contribution in [-0.4, -0.2) is 18.3 Å². The number of aryl methyl sites for hydroxylation is 1. The molecule has 1 aromatic rings. The molecular formula is C13H15NO3. The van der Waals surface area contributed by atoms with E-state index in [1.54, 1.807) is 0 Å². The van der Waals surface area contributed by atoms with E-state index in [2.05, 4.69) is 5.32 Å². The van der Waals surface area contributed by atoms with Crippen LogP contribution in [-0.2, 0) is 16.0 Å². The van der Waals surface area contributed by atoms with E-state index in [0.717, 1.165) is 17.7 Å². The van der Waals surface area contributed by atoms with Gasteiger partial charge in [-0.1, -0.05) is 6.07 Å². The molecule has 0 radical (unpaired) electrons. The Labute approximate surface area is 100.0 Å². The summed E-state index contributed by atoms with van der Waals surface area (Å²) in [6.07, 6.45) is 1.72. The number of nitrogens with one attached hydrogen (secondary N) is 1. The molecule has 0 unspecified atom stereocenters. The minimum absolute atomic E-state index is 0.0402. The summed E-state index contributed by atoms with van der Waals surface area (Å²) in [5, 5.41) is 2.81. The van der Waals surface area contributed by atoms with E-state index in [1.165, 1.54) is 6.92 Å². The average molecular weight is 233 g/mol. The lowest BCUT2D eigenvalue weighted by Crippen LogP contribution is -2.18. The monoisotopic (exact) mass is 233 g/mol. The van der Waals surface area contributed by atoms with E-state index in [4.69, 9.17) is 4.74 Å². The quantitative estimate of drug-likeness (QED) is 0.864. The second-order valence-corrected chi connectivity index (χ2v) is 4.17. The molecule has 1 aliphatic rings. The first-order valence-corrected chi connectivity index (χ1v) is 5.70. The number of anilines is 1. The normalized spacial score (nSPS) is 13.8. The van der Waals surface area contributed by atoms with Gasteiger partial charge in [-0.15, -0.1) is 0 Å². The Balaban J connectivity index is 2.02. The summed E-state index contributed by atoms with van der Waals surface area (Å²) >= 11 is 0. The number of ether oxygens (including phenoxy) is 1. The number of benzene rings is 1. The van der Waals surface area contributed by atoms with Gasteiger partial charge in [0.1, 0.15) is 11.5 Å². The Kier molecular flexibility index (Phi) is 3.42. The van der Waals surface area contributed by atoms with E-state index < -0.39 is 0 Å². The molecule has 90 valence electrons. The average Bonchev–Trinajstić information content (AvgIpc) is 2.28. The molecule has 1 aromatic carbocycles. The van der Waals surface area contributed by atoms with Crippen molar-refractivity contribution in [2.45, 2.75) is 26.2 Å². The van der Waals surface area contributed by atoms with Gasteiger partial charge in [-0.25, -0.2) is 0 Å². The topological polar surface area (TPSA) is 55.4 Å². The van der Waals surface area contributed by atoms with E-state index in [0.29, 0.717) is 25.2 Å². The van der Waals surface area contributed by atoms with Crippen LogP contribution in [0, 0.1) is 0 Å². The Morgan fingerprint density at radius 3 is 3.00 bits per heavy atom. The van der Waals surface area contributed by atoms with Crippen LogP contribution < -0.4 is 10.1 Å². The molecule has 0 saturated carbocycles. The molecule has 4 nitrogen and oxygen atoms in total. The van der Waals surface area contributed by atoms with Crippen molar-refractivity contribution in [3.8, 4) is 5.75 Å². The van der Waals surface area contributed by atoms with Crippen molar-refractivity contribution in [3.05, 3.63) is 23.8 Å². The van der Waals surface area contributed by atoms with Gasteiger partial charge in [0.05, 0.1) is 6.61 Å². The highest BCUT2D eigenvalue weighted by Crippen LogP contribution is 2.27. The zero-order chi connectivity index (χ0) is 12.3. The first-order chi connectivity index (χ1) is 8.15. The summed E-state index contributed by atoms with van der Waals surface area (Å²) in [7, 11) is 0. The van der Waals surface area contributed by atoms with E-state index in [1.807, 2.05) is 18.2 Å². The van der Waals surface area contributed by atoms with Gasteiger partial charge in [0.15, 0.2) is 0 Å². The van der Waals surface area contributed by atoms with Crippen LogP contribution in [0.2, 0.25) is 0 Å². The number of hydrogen-bond donors (Lipinski definition) is 1. The fourth-order valence-electron chi connectivity index (χ4n) is 1.75. The molecular weight excluding hydrogens is 218 g/mol. The molecule has 1 N–H and O–H groups in total. The van der Waals surface area contributed by atoms with Crippen molar-refractivity contribution in [2.24, 2.45) is 0 Å². The number of ketones is 1. The van der Waals surface area contributed by atoms with Gasteiger partial charge in [0.25, 0.3) is 0 Å². The first kappa shape index (κ1) is 11.6. The Morgan fingerprint density at radius 2 is 2.24 bits per heavy atom. The largest absolute Gasteiger partial charge is 0.493 e. The predicted molar refractivity (Wildman–Crippen MR) is 64.2 cm³/mol. The highest BCUT2D eigenvalue weighted by Gasteiger charge is 2.14. The summed E-state index contributed by atoms with van der Waals surface area (Å²) in [5.74, 6) is 0.835. The van der Waals surface area contributed by atoms with Crippen LogP contribution >= 0.6 is 0 Å². The summed E-state index contributed by atoms with van der Waals surface area (Å²) < 4.78 is 5.45. The van der Waals surface area contributed by atoms with Gasteiger partial charge in [-0.3, -0.25) is 9.59 Å². The minimum Gasteiger partial charge on any atom is -0.493 e. The lowest BCUT2D eigenvalue weighted by atomic mass is 10.0. The lowest BCUT2D eigenvalue weighted by Gasteiger charge is -2.17. The van der Waals surface area contributed by atoms with Crippen molar-refractivity contribution < 1.29 is 14.3 Å². The molecule has 0 saturated heterocycles. The summed E-state index contributed by atoms with van der Waals surface area (Å²) in [4.78, 5) is 22.0. The molecule has 4 heteroatoms. The molecule has 1 amide bonds. The Hall–Kier alpha value is -1.84. The third-order valence-corrected chi connectivity index (χ3v) is 2.70. The second-order valence-electron chi connectivity index (χ2n) is 4.17. The molecule has 1 heterocycles. The van der Waals surface area contributed by atoms with Crippen LogP contribution in [0.3, 0.4) is 0 Å². The van der Waals surface area contributed by atoms with Crippen LogP contribution in [0.4, 0.5) is 5.69 Å². The van der Waals surface area contributed by atoms with Crippen molar-refractivity contribution in [1.82, 2.24) is 0 Å². The number of carbonyl (C=O) groups excluding carboxylic acids is 2. The molecule has 2 rings (SSSR count). The lowest BCUT2D eigenvalue weighted by molar-refractivity contribution is -0.117. The molecule has 0 fully saturated rings. The van der Waals surface area contributed by atoms with Crippen molar-refractivity contribution in [1.29, 1.82) is 0 Å². The highest BCUT2D eigenvalue weighted by atomic mass is 16.5. The number of rotatable bonds is 4. The van der Waals surface area contributed by atoms with Gasteiger partial charge in [0, 0.05) is 24.6 Å². The molecule has 0 spiro atoms. The second kappa shape index (κ2) is 4.99. The van der Waals surface area contributed by atoms with Crippen LogP contribution in [0.5, 0.6) is 5.75 Å². The zero-order valence-electron chi connectivity index (χ0n) is 9.79. The van der Waals surface area contributed by atoms with Gasteiger partial charge in [-0.2, -0.15) is 0 Å². The number of amides is 1. The van der Waals surface area contributed by atoms with Crippen molar-refractivity contribution >= 4 is 17.4 Å². The summed E-state index contributed by atoms with van der Waals surface area (Å²) in [6, 6.07) is 5.64. The first-order valence-electron chi connectivity index (χ1n) is 5.70. The predicted octanol–water partition coefficient (Wildman–Crippen LogP) is 1.93. The van der Waals surface area contributed by atoms with E-state index >= 15 is 0 Å². The SMILES string of the molecule is CC(=O)CCOc1ccc2c(c1)NC(=O)CC2. The maximum atomic E-state index is 11.2. The molecule has 0 aromatic heterocycles. The third-order valence-electron chi connectivity index (χ3n) is 2.70. The van der Waals surface area contributed by atoms with Crippen molar-refractivity contribution in [3.63, 3.8) is 0 Å². The molecule has 0 bridgehead atoms. The summed E-state index contributed by atoms with van der Waals surface area (Å²) in [5.41, 5.74) is 1.95. The Bertz CT molecular complexity index is 454. The third kappa shape index (κ3) is 3.06. The van der Waals surface area contributed by atoms with E-state index in [9.17, 15) is 9.59 Å². The molecule has 17 heavy (non-hydrogen) atoms. The smallest absolute Gasteiger partial charge is 0.224 e. The Morgan fingerprint density at radius 1 is 1.41 bits per heavy atom. The zero-order valence-corrected chi connectivity index (χ0v) is 9.79. The van der Waals surface area contributed by atoms with Crippen molar-refractivity contribution in [2.75, 3.05) is 11.9 Å².